The summed E-state index contributed by atoms with van der Waals surface area (Å²) in [7, 11) is -3.34. The van der Waals surface area contributed by atoms with Crippen molar-refractivity contribution in [3.8, 4) is 0 Å². The minimum atomic E-state index is -3.34. The van der Waals surface area contributed by atoms with Gasteiger partial charge in [0.25, 0.3) is 0 Å². The maximum absolute atomic E-state index is 11.8. The van der Waals surface area contributed by atoms with E-state index in [-0.39, 0.29) is 18.8 Å². The van der Waals surface area contributed by atoms with Crippen LogP contribution in [0.3, 0.4) is 0 Å². The Bertz CT molecular complexity index is 321. The Kier molecular flexibility index (Phi) is 5.17. The smallest absolute Gasteiger partial charge is 0.306 e. The molecule has 0 N–H and O–H groups in total. The first-order chi connectivity index (χ1) is 7.56. The molecule has 16 heavy (non-hydrogen) atoms. The molecule has 7 heteroatoms. The summed E-state index contributed by atoms with van der Waals surface area (Å²) in [4.78, 5) is 11.0. The van der Waals surface area contributed by atoms with E-state index in [1.54, 1.807) is 6.92 Å². The average molecular weight is 251 g/mol. The van der Waals surface area contributed by atoms with Gasteiger partial charge in [0.05, 0.1) is 32.0 Å². The first-order valence-corrected chi connectivity index (χ1v) is 6.88. The van der Waals surface area contributed by atoms with E-state index in [0.717, 1.165) is 0 Å². The highest BCUT2D eigenvalue weighted by Gasteiger charge is 2.24. The highest BCUT2D eigenvalue weighted by atomic mass is 32.2. The van der Waals surface area contributed by atoms with Crippen LogP contribution in [0.15, 0.2) is 0 Å². The Labute approximate surface area is 95.6 Å². The summed E-state index contributed by atoms with van der Waals surface area (Å²) in [5.41, 5.74) is 0. The van der Waals surface area contributed by atoms with E-state index in [4.69, 9.17) is 4.74 Å². The molecule has 0 saturated carbocycles. The molecular weight excluding hydrogens is 234 g/mol. The lowest BCUT2D eigenvalue weighted by Gasteiger charge is -2.25. The number of sulfonamides is 1. The maximum atomic E-state index is 11.8. The Hall–Kier alpha value is -0.660. The van der Waals surface area contributed by atoms with Gasteiger partial charge in [0.1, 0.15) is 0 Å². The molecule has 0 aromatic heterocycles. The molecular formula is C9H17NO5S. The Balaban J connectivity index is 2.41. The van der Waals surface area contributed by atoms with Gasteiger partial charge in [-0.3, -0.25) is 4.79 Å². The van der Waals surface area contributed by atoms with Gasteiger partial charge in [-0.05, 0) is 6.92 Å². The number of ether oxygens (including phenoxy) is 2. The number of carbonyl (C=O) groups is 1. The maximum Gasteiger partial charge on any atom is 0.306 e. The first-order valence-electron chi connectivity index (χ1n) is 5.27. The highest BCUT2D eigenvalue weighted by Crippen LogP contribution is 2.07. The fourth-order valence-corrected chi connectivity index (χ4v) is 2.79. The molecule has 0 unspecified atom stereocenters. The van der Waals surface area contributed by atoms with E-state index in [1.165, 1.54) is 4.31 Å². The molecule has 0 aliphatic carbocycles. The summed E-state index contributed by atoms with van der Waals surface area (Å²) in [6.45, 7) is 3.53. The van der Waals surface area contributed by atoms with Gasteiger partial charge < -0.3 is 9.47 Å². The van der Waals surface area contributed by atoms with Gasteiger partial charge in [0.2, 0.25) is 10.0 Å². The summed E-state index contributed by atoms with van der Waals surface area (Å²) in [5.74, 6) is -0.661. The number of hydrogen-bond donors (Lipinski definition) is 0. The zero-order valence-corrected chi connectivity index (χ0v) is 10.2. The van der Waals surface area contributed by atoms with Crippen LogP contribution in [0.5, 0.6) is 0 Å². The molecule has 0 atom stereocenters. The van der Waals surface area contributed by atoms with Crippen LogP contribution in [0.25, 0.3) is 0 Å². The fraction of sp³-hybridized carbons (Fsp3) is 0.889. The average Bonchev–Trinajstić information content (AvgIpc) is 2.28. The van der Waals surface area contributed by atoms with Gasteiger partial charge in [0, 0.05) is 13.1 Å². The van der Waals surface area contributed by atoms with Crippen molar-refractivity contribution in [3.05, 3.63) is 0 Å². The zero-order valence-electron chi connectivity index (χ0n) is 9.35. The monoisotopic (exact) mass is 251 g/mol. The molecule has 1 rings (SSSR count). The SMILES string of the molecule is CCOC(=O)CCS(=O)(=O)N1CCOCC1. The van der Waals surface area contributed by atoms with Crippen molar-refractivity contribution in [2.45, 2.75) is 13.3 Å². The summed E-state index contributed by atoms with van der Waals surface area (Å²) >= 11 is 0. The lowest BCUT2D eigenvalue weighted by molar-refractivity contribution is -0.142. The van der Waals surface area contributed by atoms with E-state index in [2.05, 4.69) is 4.74 Å². The quantitative estimate of drug-likeness (QED) is 0.622. The molecule has 6 nitrogen and oxygen atoms in total. The normalized spacial score (nSPS) is 18.3. The number of esters is 1. The molecule has 1 saturated heterocycles. The van der Waals surface area contributed by atoms with Gasteiger partial charge in [-0.25, -0.2) is 8.42 Å². The highest BCUT2D eigenvalue weighted by molar-refractivity contribution is 7.89. The van der Waals surface area contributed by atoms with Gasteiger partial charge >= 0.3 is 5.97 Å². The van der Waals surface area contributed by atoms with Gasteiger partial charge in [-0.2, -0.15) is 4.31 Å². The summed E-state index contributed by atoms with van der Waals surface area (Å²) in [5, 5.41) is 0. The predicted molar refractivity (Wildman–Crippen MR) is 57.4 cm³/mol. The standard InChI is InChI=1S/C9H17NO5S/c1-2-15-9(11)3-8-16(12,13)10-4-6-14-7-5-10/h2-8H2,1H3. The van der Waals surface area contributed by atoms with Crippen LogP contribution in [-0.2, 0) is 24.3 Å². The Morgan fingerprint density at radius 1 is 1.38 bits per heavy atom. The largest absolute Gasteiger partial charge is 0.466 e. The third kappa shape index (κ3) is 4.07. The number of carbonyl (C=O) groups excluding carboxylic acids is 1. The van der Waals surface area contributed by atoms with Crippen LogP contribution >= 0.6 is 0 Å². The third-order valence-electron chi connectivity index (χ3n) is 2.23. The molecule has 0 aromatic rings. The van der Waals surface area contributed by atoms with Crippen molar-refractivity contribution in [1.29, 1.82) is 0 Å². The number of nitrogens with zero attached hydrogens (tertiary/aromatic N) is 1. The van der Waals surface area contributed by atoms with E-state index in [0.29, 0.717) is 26.3 Å². The van der Waals surface area contributed by atoms with Crippen LogP contribution in [0.2, 0.25) is 0 Å². The molecule has 1 fully saturated rings. The van der Waals surface area contributed by atoms with E-state index < -0.39 is 16.0 Å². The summed E-state index contributed by atoms with van der Waals surface area (Å²) in [6.07, 6.45) is -0.0898. The first kappa shape index (κ1) is 13.4. The summed E-state index contributed by atoms with van der Waals surface area (Å²) < 4.78 is 34.6. The van der Waals surface area contributed by atoms with Crippen LogP contribution in [0.1, 0.15) is 13.3 Å². The molecule has 0 aromatic carbocycles. The predicted octanol–water partition coefficient (Wildman–Crippen LogP) is -0.398. The Morgan fingerprint density at radius 2 is 2.00 bits per heavy atom. The van der Waals surface area contributed by atoms with Gasteiger partial charge in [-0.15, -0.1) is 0 Å². The van der Waals surface area contributed by atoms with Crippen LogP contribution in [-0.4, -0.2) is 57.4 Å². The van der Waals surface area contributed by atoms with Crippen LogP contribution in [0.4, 0.5) is 0 Å². The fourth-order valence-electron chi connectivity index (χ4n) is 1.40. The molecule has 0 radical (unpaired) electrons. The van der Waals surface area contributed by atoms with Crippen molar-refractivity contribution < 1.29 is 22.7 Å². The summed E-state index contributed by atoms with van der Waals surface area (Å²) in [6, 6.07) is 0. The minimum absolute atomic E-state index is 0.0898. The van der Waals surface area contributed by atoms with E-state index in [1.807, 2.05) is 0 Å². The molecule has 94 valence electrons. The second-order valence-electron chi connectivity index (χ2n) is 3.38. The second-order valence-corrected chi connectivity index (χ2v) is 5.47. The van der Waals surface area contributed by atoms with Crippen molar-refractivity contribution in [2.75, 3.05) is 38.7 Å². The minimum Gasteiger partial charge on any atom is -0.466 e. The molecule has 0 spiro atoms. The number of rotatable bonds is 5. The van der Waals surface area contributed by atoms with Crippen molar-refractivity contribution >= 4 is 16.0 Å². The molecule has 1 heterocycles. The van der Waals surface area contributed by atoms with Crippen LogP contribution in [0, 0.1) is 0 Å². The molecule has 0 amide bonds. The second kappa shape index (κ2) is 6.17. The molecule has 1 aliphatic rings. The Morgan fingerprint density at radius 3 is 2.56 bits per heavy atom. The lowest BCUT2D eigenvalue weighted by atomic mass is 10.5. The zero-order chi connectivity index (χ0) is 12.0. The molecule has 0 bridgehead atoms. The van der Waals surface area contributed by atoms with E-state index >= 15 is 0 Å². The molecule has 1 aliphatic heterocycles. The van der Waals surface area contributed by atoms with Gasteiger partial charge in [-0.1, -0.05) is 0 Å². The van der Waals surface area contributed by atoms with Crippen molar-refractivity contribution in [2.24, 2.45) is 0 Å². The van der Waals surface area contributed by atoms with E-state index in [9.17, 15) is 13.2 Å². The van der Waals surface area contributed by atoms with Gasteiger partial charge in [0.15, 0.2) is 0 Å². The lowest BCUT2D eigenvalue weighted by Crippen LogP contribution is -2.42. The third-order valence-corrected chi connectivity index (χ3v) is 4.10. The number of morpholine rings is 1. The van der Waals surface area contributed by atoms with Crippen LogP contribution < -0.4 is 0 Å². The topological polar surface area (TPSA) is 72.9 Å². The van der Waals surface area contributed by atoms with Crippen molar-refractivity contribution in [3.63, 3.8) is 0 Å². The number of hydrogen-bond acceptors (Lipinski definition) is 5. The van der Waals surface area contributed by atoms with Crippen molar-refractivity contribution in [1.82, 2.24) is 4.31 Å².